The number of rotatable bonds is 13. The first kappa shape index (κ1) is 35.2. The quantitative estimate of drug-likeness (QED) is 0.143. The van der Waals surface area contributed by atoms with E-state index in [1.807, 2.05) is 6.92 Å². The molecule has 0 atom stereocenters. The summed E-state index contributed by atoms with van der Waals surface area (Å²) < 4.78 is 60.8. The van der Waals surface area contributed by atoms with Gasteiger partial charge in [-0.2, -0.15) is 4.31 Å². The Morgan fingerprint density at radius 3 is 1.89 bits per heavy atom. The van der Waals surface area contributed by atoms with Crippen LogP contribution >= 0.6 is 46.4 Å². The molecule has 0 aromatic heterocycles. The molecule has 4 aromatic rings. The maximum atomic E-state index is 14.0. The minimum atomic E-state index is -4.36. The standard InChI is InChI=1S/C31H29Cl4NO7S2/c1-2-11-43-25-8-6-21(7-9-25)18-36(45(41,42)29-17-24(33)15-27(35)31(29)38)19-22-5-3-4-20(13-22)10-12-44(39,40)28-16-23(32)14-26(34)30(28)37/h3-9,13-17,37-38H,2,10-12,18-19H2,1H3. The number of phenolic OH excluding ortho intramolecular Hbond substituents is 2. The summed E-state index contributed by atoms with van der Waals surface area (Å²) in [5.41, 5.74) is 1.81. The number of sulfonamides is 1. The third-order valence-corrected chi connectivity index (χ3v) is 11.2. The molecule has 8 nitrogen and oxygen atoms in total. The molecule has 0 amide bonds. The van der Waals surface area contributed by atoms with Gasteiger partial charge in [-0.1, -0.05) is 89.7 Å². The van der Waals surface area contributed by atoms with Crippen LogP contribution in [-0.2, 0) is 39.4 Å². The molecule has 0 spiro atoms. The van der Waals surface area contributed by atoms with E-state index >= 15 is 0 Å². The number of halogens is 4. The lowest BCUT2D eigenvalue weighted by atomic mass is 10.1. The van der Waals surface area contributed by atoms with Gasteiger partial charge in [-0.15, -0.1) is 0 Å². The first-order valence-corrected chi connectivity index (χ1v) is 18.2. The predicted molar refractivity (Wildman–Crippen MR) is 177 cm³/mol. The number of sulfone groups is 1. The van der Waals surface area contributed by atoms with Crippen LogP contribution in [0.3, 0.4) is 0 Å². The first-order valence-electron chi connectivity index (χ1n) is 13.6. The highest BCUT2D eigenvalue weighted by Crippen LogP contribution is 2.37. The van der Waals surface area contributed by atoms with Crippen molar-refractivity contribution in [3.05, 3.63) is 110 Å². The molecule has 2 N–H and O–H groups in total. The molecule has 0 bridgehead atoms. The van der Waals surface area contributed by atoms with E-state index in [0.717, 1.165) is 18.6 Å². The summed E-state index contributed by atoms with van der Waals surface area (Å²) in [6, 6.07) is 18.5. The molecular formula is C31H29Cl4NO7S2. The molecule has 0 unspecified atom stereocenters. The van der Waals surface area contributed by atoms with Crippen molar-refractivity contribution in [2.75, 3.05) is 12.4 Å². The number of aromatic hydroxyl groups is 2. The molecule has 0 saturated carbocycles. The normalized spacial score (nSPS) is 12.0. The molecule has 0 saturated heterocycles. The predicted octanol–water partition coefficient (Wildman–Crippen LogP) is 7.91. The zero-order chi connectivity index (χ0) is 32.9. The lowest BCUT2D eigenvalue weighted by Crippen LogP contribution is -2.30. The molecular weight excluding hydrogens is 704 g/mol. The van der Waals surface area contributed by atoms with E-state index < -0.39 is 36.3 Å². The van der Waals surface area contributed by atoms with E-state index in [1.165, 1.54) is 16.4 Å². The maximum Gasteiger partial charge on any atom is 0.247 e. The average Bonchev–Trinajstić information content (AvgIpc) is 2.99. The molecule has 0 radical (unpaired) electrons. The number of hydrogen-bond acceptors (Lipinski definition) is 7. The largest absolute Gasteiger partial charge is 0.505 e. The van der Waals surface area contributed by atoms with E-state index in [-0.39, 0.29) is 50.2 Å². The first-order chi connectivity index (χ1) is 21.2. The van der Waals surface area contributed by atoms with Gasteiger partial charge < -0.3 is 14.9 Å². The number of ether oxygens (including phenoxy) is 1. The van der Waals surface area contributed by atoms with Gasteiger partial charge in [-0.25, -0.2) is 16.8 Å². The van der Waals surface area contributed by atoms with Crippen molar-refractivity contribution >= 4 is 66.3 Å². The van der Waals surface area contributed by atoms with Crippen molar-refractivity contribution < 1.29 is 31.8 Å². The van der Waals surface area contributed by atoms with Crippen LogP contribution in [0.2, 0.25) is 20.1 Å². The number of phenols is 2. The zero-order valence-corrected chi connectivity index (χ0v) is 28.5. The summed E-state index contributed by atoms with van der Waals surface area (Å²) >= 11 is 24.0. The van der Waals surface area contributed by atoms with Crippen LogP contribution in [0.15, 0.2) is 82.6 Å². The molecule has 4 aromatic carbocycles. The van der Waals surface area contributed by atoms with Gasteiger partial charge in [-0.3, -0.25) is 0 Å². The Bertz CT molecular complexity index is 1900. The van der Waals surface area contributed by atoms with Crippen LogP contribution in [0.5, 0.6) is 17.2 Å². The Kier molecular flexibility index (Phi) is 11.6. The number of benzene rings is 4. The fourth-order valence-electron chi connectivity index (χ4n) is 4.45. The summed E-state index contributed by atoms with van der Waals surface area (Å²) in [6.07, 6.45) is 0.887. The van der Waals surface area contributed by atoms with E-state index in [9.17, 15) is 27.0 Å². The Labute approximate surface area is 282 Å². The summed E-state index contributed by atoms with van der Waals surface area (Å²) in [4.78, 5) is -0.829. The van der Waals surface area contributed by atoms with Gasteiger partial charge in [0, 0.05) is 23.1 Å². The van der Waals surface area contributed by atoms with Crippen molar-refractivity contribution in [1.82, 2.24) is 4.31 Å². The average molecular weight is 734 g/mol. The third-order valence-electron chi connectivity index (χ3n) is 6.70. The highest BCUT2D eigenvalue weighted by Gasteiger charge is 2.30. The van der Waals surface area contributed by atoms with Crippen LogP contribution in [0.25, 0.3) is 0 Å². The van der Waals surface area contributed by atoms with Crippen LogP contribution in [0, 0.1) is 0 Å². The van der Waals surface area contributed by atoms with Gasteiger partial charge in [0.05, 0.1) is 22.4 Å². The van der Waals surface area contributed by atoms with Crippen molar-refractivity contribution in [3.63, 3.8) is 0 Å². The fourth-order valence-corrected chi connectivity index (χ4v) is 8.66. The highest BCUT2D eigenvalue weighted by atomic mass is 35.5. The van der Waals surface area contributed by atoms with E-state index in [4.69, 9.17) is 51.1 Å². The highest BCUT2D eigenvalue weighted by molar-refractivity contribution is 7.91. The van der Waals surface area contributed by atoms with Gasteiger partial charge in [-0.05, 0) is 65.9 Å². The van der Waals surface area contributed by atoms with Gasteiger partial charge in [0.15, 0.2) is 21.3 Å². The van der Waals surface area contributed by atoms with Crippen molar-refractivity contribution in [2.24, 2.45) is 0 Å². The number of hydrogen-bond donors (Lipinski definition) is 2. The minimum absolute atomic E-state index is 0.0315. The Morgan fingerprint density at radius 1 is 0.711 bits per heavy atom. The Morgan fingerprint density at radius 2 is 1.27 bits per heavy atom. The van der Waals surface area contributed by atoms with Crippen LogP contribution in [0.4, 0.5) is 0 Å². The third kappa shape index (κ3) is 8.77. The lowest BCUT2D eigenvalue weighted by molar-refractivity contribution is 0.317. The summed E-state index contributed by atoms with van der Waals surface area (Å²) in [6.45, 7) is 2.32. The van der Waals surface area contributed by atoms with Gasteiger partial charge >= 0.3 is 0 Å². The molecule has 0 heterocycles. The summed E-state index contributed by atoms with van der Waals surface area (Å²) in [7, 11) is -8.34. The van der Waals surface area contributed by atoms with E-state index in [1.54, 1.807) is 48.5 Å². The minimum Gasteiger partial charge on any atom is -0.505 e. The van der Waals surface area contributed by atoms with Gasteiger partial charge in [0.1, 0.15) is 15.5 Å². The molecule has 0 fully saturated rings. The maximum absolute atomic E-state index is 14.0. The molecule has 0 aliphatic heterocycles. The van der Waals surface area contributed by atoms with E-state index in [0.29, 0.717) is 29.0 Å². The molecule has 4 rings (SSSR count). The van der Waals surface area contributed by atoms with Gasteiger partial charge in [0.25, 0.3) is 0 Å². The second-order valence-electron chi connectivity index (χ2n) is 10.1. The lowest BCUT2D eigenvalue weighted by Gasteiger charge is -2.24. The Hall–Kier alpha value is -2.70. The SMILES string of the molecule is CCCOc1ccc(CN(Cc2cccc(CCS(=O)(=O)c3cc(Cl)cc(Cl)c3O)c2)S(=O)(=O)c2cc(Cl)cc(Cl)c2O)cc1. The van der Waals surface area contributed by atoms with Crippen LogP contribution in [-0.4, -0.2) is 43.7 Å². The fraction of sp³-hybridized carbons (Fsp3) is 0.226. The van der Waals surface area contributed by atoms with Crippen molar-refractivity contribution in [3.8, 4) is 17.2 Å². The molecule has 0 aliphatic carbocycles. The molecule has 14 heteroatoms. The molecule has 0 aliphatic rings. The number of aryl methyl sites for hydroxylation is 1. The van der Waals surface area contributed by atoms with Gasteiger partial charge in [0.2, 0.25) is 10.0 Å². The topological polar surface area (TPSA) is 121 Å². The summed E-state index contributed by atoms with van der Waals surface area (Å²) in [5.74, 6) is -0.933. The molecule has 240 valence electrons. The van der Waals surface area contributed by atoms with Crippen molar-refractivity contribution in [2.45, 2.75) is 42.6 Å². The van der Waals surface area contributed by atoms with Crippen LogP contribution < -0.4 is 4.74 Å². The molecule has 45 heavy (non-hydrogen) atoms. The number of nitrogens with zero attached hydrogens (tertiary/aromatic N) is 1. The van der Waals surface area contributed by atoms with E-state index in [2.05, 4.69) is 0 Å². The monoisotopic (exact) mass is 731 g/mol. The Balaban J connectivity index is 1.63. The van der Waals surface area contributed by atoms with Crippen LogP contribution in [0.1, 0.15) is 30.0 Å². The zero-order valence-electron chi connectivity index (χ0n) is 23.9. The second-order valence-corrected chi connectivity index (χ2v) is 15.8. The summed E-state index contributed by atoms with van der Waals surface area (Å²) in [5, 5.41) is 20.5. The second kappa shape index (κ2) is 14.8. The van der Waals surface area contributed by atoms with Crippen molar-refractivity contribution in [1.29, 1.82) is 0 Å². The smallest absolute Gasteiger partial charge is 0.247 e.